The maximum absolute atomic E-state index is 9.92. The summed E-state index contributed by atoms with van der Waals surface area (Å²) >= 11 is 0. The van der Waals surface area contributed by atoms with Crippen LogP contribution in [0.15, 0.2) is 0 Å². The van der Waals surface area contributed by atoms with Crippen LogP contribution in [-0.4, -0.2) is 11.2 Å². The molecule has 0 saturated heterocycles. The van der Waals surface area contributed by atoms with Crippen molar-refractivity contribution in [3.05, 3.63) is 0 Å². The van der Waals surface area contributed by atoms with Crippen molar-refractivity contribution in [2.75, 3.05) is 0 Å². The van der Waals surface area contributed by atoms with Gasteiger partial charge in [-0.3, -0.25) is 0 Å². The van der Waals surface area contributed by atoms with E-state index in [1.54, 1.807) is 0 Å². The average molecular weight is 194 g/mol. The SMILES string of the molecule is O[C@H]1C[C@@H]2CC[C@H]1C2C1CCCCC1. The Morgan fingerprint density at radius 1 is 0.786 bits per heavy atom. The topological polar surface area (TPSA) is 20.2 Å². The lowest BCUT2D eigenvalue weighted by Crippen LogP contribution is -2.24. The lowest BCUT2D eigenvalue weighted by Gasteiger charge is -2.30. The zero-order chi connectivity index (χ0) is 9.54. The van der Waals surface area contributed by atoms with E-state index in [1.807, 2.05) is 0 Å². The van der Waals surface area contributed by atoms with Gasteiger partial charge in [-0.05, 0) is 42.9 Å². The van der Waals surface area contributed by atoms with Crippen molar-refractivity contribution in [2.45, 2.75) is 57.5 Å². The summed E-state index contributed by atoms with van der Waals surface area (Å²) in [5.41, 5.74) is 0. The molecule has 4 atom stereocenters. The van der Waals surface area contributed by atoms with E-state index in [1.165, 1.54) is 44.9 Å². The third-order valence-electron chi connectivity index (χ3n) is 5.14. The highest BCUT2D eigenvalue weighted by Crippen LogP contribution is 2.54. The molecule has 3 fully saturated rings. The highest BCUT2D eigenvalue weighted by molar-refractivity contribution is 4.99. The van der Waals surface area contributed by atoms with Gasteiger partial charge in [0.2, 0.25) is 0 Å². The molecule has 0 spiro atoms. The molecule has 0 aromatic rings. The van der Waals surface area contributed by atoms with Crippen molar-refractivity contribution in [1.29, 1.82) is 0 Å². The zero-order valence-electron chi connectivity index (χ0n) is 8.99. The quantitative estimate of drug-likeness (QED) is 0.680. The molecule has 0 aromatic heterocycles. The molecule has 1 N–H and O–H groups in total. The van der Waals surface area contributed by atoms with Crippen LogP contribution in [0, 0.1) is 23.7 Å². The summed E-state index contributed by atoms with van der Waals surface area (Å²) in [4.78, 5) is 0. The van der Waals surface area contributed by atoms with Crippen LogP contribution in [0.3, 0.4) is 0 Å². The average Bonchev–Trinajstić information content (AvgIpc) is 2.75. The Kier molecular flexibility index (Phi) is 2.31. The van der Waals surface area contributed by atoms with Crippen molar-refractivity contribution in [3.8, 4) is 0 Å². The Labute approximate surface area is 86.9 Å². The van der Waals surface area contributed by atoms with Crippen molar-refractivity contribution in [2.24, 2.45) is 23.7 Å². The number of aliphatic hydroxyl groups is 1. The highest BCUT2D eigenvalue weighted by Gasteiger charge is 2.49. The van der Waals surface area contributed by atoms with Crippen LogP contribution >= 0.6 is 0 Å². The molecular weight excluding hydrogens is 172 g/mol. The minimum Gasteiger partial charge on any atom is -0.393 e. The van der Waals surface area contributed by atoms with Gasteiger partial charge in [-0.25, -0.2) is 0 Å². The maximum Gasteiger partial charge on any atom is 0.0574 e. The lowest BCUT2D eigenvalue weighted by molar-refractivity contribution is 0.0951. The van der Waals surface area contributed by atoms with E-state index in [0.717, 1.165) is 24.2 Å². The summed E-state index contributed by atoms with van der Waals surface area (Å²) in [5, 5.41) is 9.92. The number of rotatable bonds is 1. The van der Waals surface area contributed by atoms with Crippen LogP contribution in [0.2, 0.25) is 0 Å². The second kappa shape index (κ2) is 3.52. The van der Waals surface area contributed by atoms with Gasteiger partial charge >= 0.3 is 0 Å². The molecule has 3 aliphatic rings. The monoisotopic (exact) mass is 194 g/mol. The minimum atomic E-state index is 0.0701. The summed E-state index contributed by atoms with van der Waals surface area (Å²) in [6.07, 6.45) is 11.2. The van der Waals surface area contributed by atoms with Crippen LogP contribution in [0.1, 0.15) is 51.4 Å². The molecule has 2 bridgehead atoms. The van der Waals surface area contributed by atoms with Gasteiger partial charge in [-0.15, -0.1) is 0 Å². The summed E-state index contributed by atoms with van der Waals surface area (Å²) in [6, 6.07) is 0. The van der Waals surface area contributed by atoms with Gasteiger partial charge in [-0.2, -0.15) is 0 Å². The molecule has 0 radical (unpaired) electrons. The molecule has 80 valence electrons. The largest absolute Gasteiger partial charge is 0.393 e. The van der Waals surface area contributed by atoms with Crippen LogP contribution in [0.4, 0.5) is 0 Å². The molecule has 1 nitrogen and oxygen atoms in total. The van der Waals surface area contributed by atoms with Gasteiger partial charge in [0.25, 0.3) is 0 Å². The van der Waals surface area contributed by atoms with Gasteiger partial charge in [0.1, 0.15) is 0 Å². The Morgan fingerprint density at radius 2 is 1.57 bits per heavy atom. The first-order valence-electron chi connectivity index (χ1n) is 6.54. The van der Waals surface area contributed by atoms with Crippen LogP contribution in [-0.2, 0) is 0 Å². The summed E-state index contributed by atoms with van der Waals surface area (Å²) in [6.45, 7) is 0. The van der Waals surface area contributed by atoms with E-state index in [4.69, 9.17) is 0 Å². The Morgan fingerprint density at radius 3 is 2.14 bits per heavy atom. The summed E-state index contributed by atoms with van der Waals surface area (Å²) in [5.74, 6) is 3.50. The Balaban J connectivity index is 1.72. The van der Waals surface area contributed by atoms with Crippen LogP contribution in [0.5, 0.6) is 0 Å². The number of hydrogen-bond acceptors (Lipinski definition) is 1. The van der Waals surface area contributed by atoms with Crippen molar-refractivity contribution in [3.63, 3.8) is 0 Å². The van der Waals surface area contributed by atoms with Gasteiger partial charge in [-0.1, -0.05) is 32.1 Å². The minimum absolute atomic E-state index is 0.0701. The van der Waals surface area contributed by atoms with Crippen molar-refractivity contribution < 1.29 is 5.11 Å². The summed E-state index contributed by atoms with van der Waals surface area (Å²) in [7, 11) is 0. The molecular formula is C13H22O. The number of hydrogen-bond donors (Lipinski definition) is 1. The van der Waals surface area contributed by atoms with E-state index in [9.17, 15) is 5.11 Å². The van der Waals surface area contributed by atoms with Gasteiger partial charge in [0.05, 0.1) is 6.10 Å². The third kappa shape index (κ3) is 1.32. The van der Waals surface area contributed by atoms with Gasteiger partial charge in [0.15, 0.2) is 0 Å². The maximum atomic E-state index is 9.92. The van der Waals surface area contributed by atoms with E-state index in [2.05, 4.69) is 0 Å². The summed E-state index contributed by atoms with van der Waals surface area (Å²) < 4.78 is 0. The number of aliphatic hydroxyl groups excluding tert-OH is 1. The Hall–Kier alpha value is -0.0400. The molecule has 0 heterocycles. The van der Waals surface area contributed by atoms with Crippen LogP contribution < -0.4 is 0 Å². The molecule has 1 unspecified atom stereocenters. The van der Waals surface area contributed by atoms with Gasteiger partial charge in [0, 0.05) is 0 Å². The molecule has 1 heteroatoms. The second-order valence-electron chi connectivity index (χ2n) is 5.78. The van der Waals surface area contributed by atoms with Crippen molar-refractivity contribution >= 4 is 0 Å². The van der Waals surface area contributed by atoms with E-state index < -0.39 is 0 Å². The first-order chi connectivity index (χ1) is 6.86. The zero-order valence-corrected chi connectivity index (χ0v) is 8.99. The molecule has 0 aromatic carbocycles. The van der Waals surface area contributed by atoms with E-state index >= 15 is 0 Å². The van der Waals surface area contributed by atoms with Crippen molar-refractivity contribution in [1.82, 2.24) is 0 Å². The highest BCUT2D eigenvalue weighted by atomic mass is 16.3. The molecule has 3 rings (SSSR count). The molecule has 14 heavy (non-hydrogen) atoms. The standard InChI is InChI=1S/C13H22O/c14-12-8-10-6-7-11(12)13(10)9-4-2-1-3-5-9/h9-14H,1-8H2/t10-,11+,12-,13?/m0/s1. The fourth-order valence-corrected chi connectivity index (χ4v) is 4.60. The molecule has 3 aliphatic carbocycles. The van der Waals surface area contributed by atoms with Crippen LogP contribution in [0.25, 0.3) is 0 Å². The first-order valence-corrected chi connectivity index (χ1v) is 6.54. The van der Waals surface area contributed by atoms with E-state index in [-0.39, 0.29) is 6.10 Å². The first kappa shape index (κ1) is 9.21. The predicted octanol–water partition coefficient (Wildman–Crippen LogP) is 2.97. The Bertz CT molecular complexity index is 207. The predicted molar refractivity (Wildman–Crippen MR) is 56.9 cm³/mol. The fraction of sp³-hybridized carbons (Fsp3) is 1.00. The van der Waals surface area contributed by atoms with Gasteiger partial charge < -0.3 is 5.11 Å². The second-order valence-corrected chi connectivity index (χ2v) is 5.78. The molecule has 3 saturated carbocycles. The molecule has 0 amide bonds. The number of fused-ring (bicyclic) bond motifs is 2. The third-order valence-corrected chi connectivity index (χ3v) is 5.14. The lowest BCUT2D eigenvalue weighted by atomic mass is 9.75. The normalized spacial score (nSPS) is 48.6. The molecule has 0 aliphatic heterocycles. The van der Waals surface area contributed by atoms with E-state index in [0.29, 0.717) is 5.92 Å². The fourth-order valence-electron chi connectivity index (χ4n) is 4.60. The smallest absolute Gasteiger partial charge is 0.0574 e.